The van der Waals surface area contributed by atoms with Crippen molar-refractivity contribution in [1.29, 1.82) is 0 Å². The number of carbonyl (C=O) groups is 3. The van der Waals surface area contributed by atoms with Crippen LogP contribution in [0.4, 0.5) is 27.6 Å². The quantitative estimate of drug-likeness (QED) is 0.161. The number of hydrogen-bond donors (Lipinski definition) is 1. The van der Waals surface area contributed by atoms with Gasteiger partial charge in [-0.25, -0.2) is 22.0 Å². The number of carbonyl (C=O) groups excluding carboxylic acids is 3. The zero-order chi connectivity index (χ0) is 28.6. The van der Waals surface area contributed by atoms with Gasteiger partial charge in [-0.1, -0.05) is 29.8 Å². The number of alkyl halides is 4. The van der Waals surface area contributed by atoms with Gasteiger partial charge in [-0.15, -0.1) is 23.2 Å². The zero-order valence-electron chi connectivity index (χ0n) is 19.6. The Hall–Kier alpha value is -3.01. The summed E-state index contributed by atoms with van der Waals surface area (Å²) in [5, 5.41) is 2.56. The molecule has 3 aromatic carbocycles. The molecular formula is C27H17Cl3F5NO3. The lowest BCUT2D eigenvalue weighted by molar-refractivity contribution is -0.128. The molecule has 0 saturated heterocycles. The van der Waals surface area contributed by atoms with Crippen molar-refractivity contribution in [3.63, 3.8) is 0 Å². The Morgan fingerprint density at radius 3 is 2.23 bits per heavy atom. The average molecular weight is 605 g/mol. The highest BCUT2D eigenvalue weighted by Gasteiger charge is 2.67. The predicted octanol–water partition coefficient (Wildman–Crippen LogP) is 7.09. The van der Waals surface area contributed by atoms with Crippen LogP contribution in [0.5, 0.6) is 0 Å². The number of Topliss-reactive ketones (excluding diaryl/α,β-unsaturated/α-hetero) is 2. The summed E-state index contributed by atoms with van der Waals surface area (Å²) in [7, 11) is 0. The zero-order valence-corrected chi connectivity index (χ0v) is 21.9. The number of amides is 1. The molecule has 0 aliphatic heterocycles. The molecule has 204 valence electrons. The molecule has 0 radical (unpaired) electrons. The summed E-state index contributed by atoms with van der Waals surface area (Å²) in [5.41, 5.74) is -0.618. The van der Waals surface area contributed by atoms with Crippen LogP contribution in [0.3, 0.4) is 0 Å². The van der Waals surface area contributed by atoms with Crippen LogP contribution in [0.2, 0.25) is 5.02 Å². The Morgan fingerprint density at radius 2 is 1.59 bits per heavy atom. The van der Waals surface area contributed by atoms with Gasteiger partial charge in [0.2, 0.25) is 11.7 Å². The Kier molecular flexibility index (Phi) is 8.35. The third-order valence-corrected chi connectivity index (χ3v) is 7.58. The number of ketones is 2. The molecule has 12 heteroatoms. The maximum absolute atomic E-state index is 14.8. The lowest BCUT2D eigenvalue weighted by Gasteiger charge is -2.11. The van der Waals surface area contributed by atoms with Gasteiger partial charge in [-0.2, -0.15) is 0 Å². The molecule has 4 rings (SSSR count). The fraction of sp³-hybridized carbons (Fsp3) is 0.222. The number of benzene rings is 3. The monoisotopic (exact) mass is 603 g/mol. The highest BCUT2D eigenvalue weighted by atomic mass is 35.5. The van der Waals surface area contributed by atoms with E-state index in [9.17, 15) is 36.3 Å². The van der Waals surface area contributed by atoms with Gasteiger partial charge in [0.25, 0.3) is 6.43 Å². The number of nitrogens with one attached hydrogen (secondary N) is 1. The van der Waals surface area contributed by atoms with E-state index in [1.54, 1.807) is 0 Å². The van der Waals surface area contributed by atoms with Gasteiger partial charge < -0.3 is 5.32 Å². The first-order chi connectivity index (χ1) is 18.3. The number of hydrogen-bond acceptors (Lipinski definition) is 3. The van der Waals surface area contributed by atoms with Gasteiger partial charge in [0.15, 0.2) is 5.78 Å². The molecule has 1 aliphatic carbocycles. The molecule has 1 fully saturated rings. The van der Waals surface area contributed by atoms with Crippen molar-refractivity contribution in [3.05, 3.63) is 99.3 Å². The molecule has 1 aliphatic rings. The van der Waals surface area contributed by atoms with Crippen LogP contribution in [0.15, 0.2) is 54.6 Å². The molecule has 1 amide bonds. The SMILES string of the molecule is O=C(Cc1ccc(F)c(CC(=O)C(F)F)c1F)c1cc(NC(=O)C2C(c3ccc(F)cc3)C2(Cl)Cl)ccc1Cl. The molecule has 0 aromatic heterocycles. The fourth-order valence-corrected chi connectivity index (χ4v) is 5.29. The van der Waals surface area contributed by atoms with Gasteiger partial charge in [0, 0.05) is 35.6 Å². The molecule has 0 spiro atoms. The van der Waals surface area contributed by atoms with E-state index >= 15 is 0 Å². The molecule has 4 nitrogen and oxygen atoms in total. The van der Waals surface area contributed by atoms with Crippen LogP contribution in [-0.2, 0) is 22.4 Å². The van der Waals surface area contributed by atoms with Crippen LogP contribution in [0.25, 0.3) is 0 Å². The summed E-state index contributed by atoms with van der Waals surface area (Å²) in [4.78, 5) is 37.2. The summed E-state index contributed by atoms with van der Waals surface area (Å²) in [6, 6.07) is 11.1. The maximum Gasteiger partial charge on any atom is 0.296 e. The molecule has 2 unspecified atom stereocenters. The van der Waals surface area contributed by atoms with E-state index in [1.165, 1.54) is 42.5 Å². The number of rotatable bonds is 9. The second kappa shape index (κ2) is 11.2. The summed E-state index contributed by atoms with van der Waals surface area (Å²) in [5.74, 6) is -7.43. The van der Waals surface area contributed by atoms with Crippen LogP contribution in [0.1, 0.15) is 33.0 Å². The molecule has 3 aromatic rings. The highest BCUT2D eigenvalue weighted by molar-refractivity contribution is 6.53. The van der Waals surface area contributed by atoms with Crippen molar-refractivity contribution >= 4 is 58.0 Å². The van der Waals surface area contributed by atoms with E-state index in [1.807, 2.05) is 0 Å². The minimum absolute atomic E-state index is 0.0340. The van der Waals surface area contributed by atoms with E-state index in [-0.39, 0.29) is 21.8 Å². The number of halogens is 8. The van der Waals surface area contributed by atoms with Crippen LogP contribution >= 0.6 is 34.8 Å². The van der Waals surface area contributed by atoms with E-state index in [0.717, 1.165) is 12.1 Å². The van der Waals surface area contributed by atoms with Gasteiger partial charge in [-0.3, -0.25) is 14.4 Å². The molecular weight excluding hydrogens is 588 g/mol. The first kappa shape index (κ1) is 29.0. The Labute approximate surface area is 234 Å². The maximum atomic E-state index is 14.8. The van der Waals surface area contributed by atoms with Crippen molar-refractivity contribution in [2.24, 2.45) is 5.92 Å². The minimum Gasteiger partial charge on any atom is -0.326 e. The smallest absolute Gasteiger partial charge is 0.296 e. The lowest BCUT2D eigenvalue weighted by atomic mass is 9.98. The van der Waals surface area contributed by atoms with Crippen molar-refractivity contribution in [2.45, 2.75) is 29.5 Å². The summed E-state index contributed by atoms with van der Waals surface area (Å²) in [6.07, 6.45) is -5.22. The molecule has 1 saturated carbocycles. The largest absolute Gasteiger partial charge is 0.326 e. The van der Waals surface area contributed by atoms with E-state index in [2.05, 4.69) is 5.32 Å². The topological polar surface area (TPSA) is 63.2 Å². The second-order valence-electron chi connectivity index (χ2n) is 8.91. The molecule has 2 atom stereocenters. The van der Waals surface area contributed by atoms with Crippen molar-refractivity contribution in [3.8, 4) is 0 Å². The van der Waals surface area contributed by atoms with Crippen LogP contribution in [-0.4, -0.2) is 28.2 Å². The summed E-state index contributed by atoms with van der Waals surface area (Å²) < 4.78 is 65.8. The van der Waals surface area contributed by atoms with E-state index < -0.39 is 75.9 Å². The van der Waals surface area contributed by atoms with Gasteiger partial charge in [-0.05, 0) is 47.5 Å². The lowest BCUT2D eigenvalue weighted by Crippen LogP contribution is -2.18. The second-order valence-corrected chi connectivity index (χ2v) is 10.8. The predicted molar refractivity (Wildman–Crippen MR) is 136 cm³/mol. The van der Waals surface area contributed by atoms with Crippen LogP contribution in [0, 0.1) is 23.4 Å². The molecule has 39 heavy (non-hydrogen) atoms. The standard InChI is InChI=1S/C27H17Cl3F5NO3/c28-18-7-6-15(36-26(39)23-22(27(23,29)30)12-1-4-14(31)5-2-12)10-16(18)20(37)9-13-3-8-19(32)17(24(13)33)11-21(38)25(34)35/h1-8,10,22-23,25H,9,11H2,(H,36,39). The van der Waals surface area contributed by atoms with Gasteiger partial charge >= 0.3 is 0 Å². The first-order valence-corrected chi connectivity index (χ1v) is 12.5. The highest BCUT2D eigenvalue weighted by Crippen LogP contribution is 2.65. The third-order valence-electron chi connectivity index (χ3n) is 6.31. The molecule has 0 bridgehead atoms. The van der Waals surface area contributed by atoms with Gasteiger partial charge in [0.1, 0.15) is 21.8 Å². The first-order valence-electron chi connectivity index (χ1n) is 11.3. The van der Waals surface area contributed by atoms with Crippen molar-refractivity contribution in [1.82, 2.24) is 0 Å². The fourth-order valence-electron chi connectivity index (χ4n) is 4.24. The minimum atomic E-state index is -3.41. The van der Waals surface area contributed by atoms with Crippen LogP contribution < -0.4 is 5.32 Å². The normalized spacial score (nSPS) is 17.7. The van der Waals surface area contributed by atoms with Gasteiger partial charge in [0.05, 0.1) is 10.9 Å². The molecule has 0 heterocycles. The van der Waals surface area contributed by atoms with E-state index in [0.29, 0.717) is 5.56 Å². The summed E-state index contributed by atoms with van der Waals surface area (Å²) in [6.45, 7) is 0. The van der Waals surface area contributed by atoms with E-state index in [4.69, 9.17) is 34.8 Å². The third kappa shape index (κ3) is 6.10. The molecule has 1 N–H and O–H groups in total. The number of anilines is 1. The average Bonchev–Trinajstić information content (AvgIpc) is 3.46. The van der Waals surface area contributed by atoms with Crippen molar-refractivity contribution in [2.75, 3.05) is 5.32 Å². The Bertz CT molecular complexity index is 1460. The Balaban J connectivity index is 1.51. The van der Waals surface area contributed by atoms with Crippen molar-refractivity contribution < 1.29 is 36.3 Å². The Morgan fingerprint density at radius 1 is 0.923 bits per heavy atom. The summed E-state index contributed by atoms with van der Waals surface area (Å²) >= 11 is 18.7.